The number of carbonyl (C=O) groups is 1. The van der Waals surface area contributed by atoms with Crippen LogP contribution in [-0.4, -0.2) is 12.3 Å². The van der Waals surface area contributed by atoms with E-state index in [1.54, 1.807) is 11.3 Å². The van der Waals surface area contributed by atoms with Crippen LogP contribution in [0.25, 0.3) is 22.1 Å². The van der Waals surface area contributed by atoms with Gasteiger partial charge in [0, 0.05) is 28.2 Å². The molecule has 190 valence electrons. The van der Waals surface area contributed by atoms with Gasteiger partial charge in [-0.2, -0.15) is 0 Å². The van der Waals surface area contributed by atoms with Crippen LogP contribution in [-0.2, 0) is 0 Å². The second-order valence-electron chi connectivity index (χ2n) is 10.4. The highest BCUT2D eigenvalue weighted by atomic mass is 32.1. The smallest absolute Gasteiger partial charge is 0.160 e. The van der Waals surface area contributed by atoms with E-state index in [0.29, 0.717) is 12.0 Å². The molecule has 7 rings (SSSR count). The number of hydrogen-bond donors (Lipinski definition) is 0. The van der Waals surface area contributed by atoms with E-state index in [9.17, 15) is 4.79 Å². The van der Waals surface area contributed by atoms with Crippen LogP contribution in [0.2, 0.25) is 0 Å². The molecule has 0 amide bonds. The van der Waals surface area contributed by atoms with Crippen LogP contribution in [0.4, 0.5) is 11.4 Å². The van der Waals surface area contributed by atoms with Crippen molar-refractivity contribution < 1.29 is 4.79 Å². The molecule has 0 radical (unpaired) electrons. The summed E-state index contributed by atoms with van der Waals surface area (Å²) in [6.07, 6.45) is 6.96. The van der Waals surface area contributed by atoms with Gasteiger partial charge in [-0.05, 0) is 88.7 Å². The molecule has 2 aliphatic rings. The molecule has 3 heteroatoms. The molecule has 1 fully saturated rings. The molecule has 2 unspecified atom stereocenters. The average molecular weight is 524 g/mol. The van der Waals surface area contributed by atoms with Gasteiger partial charge in [-0.1, -0.05) is 85.3 Å². The van der Waals surface area contributed by atoms with Gasteiger partial charge in [0.05, 0.1) is 4.88 Å². The van der Waals surface area contributed by atoms with Gasteiger partial charge in [0.25, 0.3) is 0 Å². The average Bonchev–Trinajstić information content (AvgIpc) is 3.74. The monoisotopic (exact) mass is 523 g/mol. The van der Waals surface area contributed by atoms with E-state index in [1.165, 1.54) is 64.0 Å². The van der Waals surface area contributed by atoms with Crippen LogP contribution in [0.3, 0.4) is 0 Å². The van der Waals surface area contributed by atoms with Gasteiger partial charge in [0.2, 0.25) is 0 Å². The summed E-state index contributed by atoms with van der Waals surface area (Å²) in [5, 5.41) is 0. The number of fused-ring (bicyclic) bond motifs is 3. The lowest BCUT2D eigenvalue weighted by Gasteiger charge is -2.27. The summed E-state index contributed by atoms with van der Waals surface area (Å²) in [6.45, 7) is 0. The topological polar surface area (TPSA) is 20.3 Å². The molecule has 0 spiro atoms. The third-order valence-electron chi connectivity index (χ3n) is 8.18. The van der Waals surface area contributed by atoms with Crippen molar-refractivity contribution in [3.05, 3.63) is 142 Å². The Kier molecular flexibility index (Phi) is 6.22. The lowest BCUT2D eigenvalue weighted by atomic mass is 9.95. The molecule has 1 saturated carbocycles. The Morgan fingerprint density at radius 1 is 0.769 bits per heavy atom. The fraction of sp³-hybridized carbons (Fsp3) is 0.139. The fourth-order valence-electron chi connectivity index (χ4n) is 6.38. The molecule has 0 N–H and O–H groups in total. The Morgan fingerprint density at radius 3 is 2.15 bits per heavy atom. The van der Waals surface area contributed by atoms with Gasteiger partial charge >= 0.3 is 0 Å². The van der Waals surface area contributed by atoms with E-state index in [2.05, 4.69) is 120 Å². The van der Waals surface area contributed by atoms with Crippen molar-refractivity contribution in [1.29, 1.82) is 0 Å². The molecule has 39 heavy (non-hydrogen) atoms. The van der Waals surface area contributed by atoms with E-state index < -0.39 is 0 Å². The standard InChI is InChI=1S/C36H29NOS/c38-24-30-19-21-36(39-30)28-16-20-35-33(23-28)31-12-7-13-34(31)37(35)29-17-14-25(15-18-29)22-32(26-8-3-1-4-9-26)27-10-5-2-6-11-27/h1-6,8-11,14-24,31,34H,7,12-13H2. The zero-order valence-electron chi connectivity index (χ0n) is 21.7. The number of benzene rings is 4. The normalized spacial score (nSPS) is 17.5. The summed E-state index contributed by atoms with van der Waals surface area (Å²) in [6, 6.07) is 41.7. The Bertz CT molecular complexity index is 1610. The summed E-state index contributed by atoms with van der Waals surface area (Å²) in [5.74, 6) is 0.563. The third-order valence-corrected chi connectivity index (χ3v) is 9.24. The Balaban J connectivity index is 1.23. The number of rotatable bonds is 6. The second kappa shape index (κ2) is 10.2. The van der Waals surface area contributed by atoms with E-state index in [4.69, 9.17) is 0 Å². The van der Waals surface area contributed by atoms with Crippen molar-refractivity contribution in [2.24, 2.45) is 0 Å². The van der Waals surface area contributed by atoms with Crippen molar-refractivity contribution in [1.82, 2.24) is 0 Å². The number of nitrogens with zero attached hydrogens (tertiary/aromatic N) is 1. The summed E-state index contributed by atoms with van der Waals surface area (Å²) in [7, 11) is 0. The van der Waals surface area contributed by atoms with Crippen molar-refractivity contribution in [3.63, 3.8) is 0 Å². The van der Waals surface area contributed by atoms with Crippen molar-refractivity contribution in [2.45, 2.75) is 31.2 Å². The van der Waals surface area contributed by atoms with Gasteiger partial charge in [-0.3, -0.25) is 4.79 Å². The second-order valence-corrected chi connectivity index (χ2v) is 11.6. The molecule has 4 aromatic carbocycles. The molecule has 1 aromatic heterocycles. The van der Waals surface area contributed by atoms with Crippen molar-refractivity contribution >= 4 is 40.6 Å². The number of aldehydes is 1. The maximum atomic E-state index is 11.2. The van der Waals surface area contributed by atoms with Gasteiger partial charge in [0.15, 0.2) is 6.29 Å². The van der Waals surface area contributed by atoms with Gasteiger partial charge in [-0.15, -0.1) is 11.3 Å². The van der Waals surface area contributed by atoms with Crippen molar-refractivity contribution in [3.8, 4) is 10.4 Å². The highest BCUT2D eigenvalue weighted by molar-refractivity contribution is 7.17. The minimum Gasteiger partial charge on any atom is -0.338 e. The predicted octanol–water partition coefficient (Wildman–Crippen LogP) is 9.60. The maximum Gasteiger partial charge on any atom is 0.160 e. The van der Waals surface area contributed by atoms with Gasteiger partial charge < -0.3 is 4.90 Å². The molecule has 1 aliphatic heterocycles. The minimum absolute atomic E-state index is 0.509. The molecule has 2 atom stereocenters. The third kappa shape index (κ3) is 4.43. The van der Waals surface area contributed by atoms with E-state index in [0.717, 1.165) is 16.0 Å². The summed E-state index contributed by atoms with van der Waals surface area (Å²) in [5.41, 5.74) is 10.1. The first-order valence-corrected chi connectivity index (χ1v) is 14.5. The van der Waals surface area contributed by atoms with Crippen LogP contribution >= 0.6 is 11.3 Å². The largest absolute Gasteiger partial charge is 0.338 e. The highest BCUT2D eigenvalue weighted by Crippen LogP contribution is 2.53. The molecule has 1 aliphatic carbocycles. The number of thiophene rings is 1. The molecule has 2 nitrogen and oxygen atoms in total. The predicted molar refractivity (Wildman–Crippen MR) is 164 cm³/mol. The highest BCUT2D eigenvalue weighted by Gasteiger charge is 2.42. The first-order valence-electron chi connectivity index (χ1n) is 13.7. The van der Waals surface area contributed by atoms with E-state index >= 15 is 0 Å². The minimum atomic E-state index is 0.509. The Hall–Kier alpha value is -4.21. The maximum absolute atomic E-state index is 11.2. The number of hydrogen-bond acceptors (Lipinski definition) is 3. The summed E-state index contributed by atoms with van der Waals surface area (Å²) in [4.78, 5) is 15.7. The molecule has 5 aromatic rings. The zero-order chi connectivity index (χ0) is 26.2. The van der Waals surface area contributed by atoms with Crippen LogP contribution in [0.5, 0.6) is 0 Å². The van der Waals surface area contributed by atoms with Crippen LogP contribution in [0.1, 0.15) is 57.1 Å². The first kappa shape index (κ1) is 23.9. The Morgan fingerprint density at radius 2 is 1.49 bits per heavy atom. The quantitative estimate of drug-likeness (QED) is 0.163. The number of anilines is 2. The fourth-order valence-corrected chi connectivity index (χ4v) is 7.20. The zero-order valence-corrected chi connectivity index (χ0v) is 22.5. The van der Waals surface area contributed by atoms with Crippen molar-refractivity contribution in [2.75, 3.05) is 4.90 Å². The van der Waals surface area contributed by atoms with Crippen LogP contribution in [0.15, 0.2) is 115 Å². The SMILES string of the molecule is O=Cc1ccc(-c2ccc3c(c2)C2CCCC2N3c2ccc(C=C(c3ccccc3)c3ccccc3)cc2)s1. The molecule has 2 heterocycles. The van der Waals surface area contributed by atoms with Gasteiger partial charge in [0.1, 0.15) is 0 Å². The van der Waals surface area contributed by atoms with Gasteiger partial charge in [-0.25, -0.2) is 0 Å². The Labute approximate surface area is 233 Å². The summed E-state index contributed by atoms with van der Waals surface area (Å²) < 4.78 is 0. The molecular weight excluding hydrogens is 494 g/mol. The first-order chi connectivity index (χ1) is 19.3. The molecule has 0 bridgehead atoms. The van der Waals surface area contributed by atoms with Crippen LogP contribution < -0.4 is 4.90 Å². The molecular formula is C36H29NOS. The van der Waals surface area contributed by atoms with E-state index in [-0.39, 0.29) is 0 Å². The number of carbonyl (C=O) groups excluding carboxylic acids is 1. The van der Waals surface area contributed by atoms with Crippen LogP contribution in [0, 0.1) is 0 Å². The molecule has 0 saturated heterocycles. The van der Waals surface area contributed by atoms with E-state index in [1.807, 2.05) is 6.07 Å². The lowest BCUT2D eigenvalue weighted by molar-refractivity contribution is 0.112. The summed E-state index contributed by atoms with van der Waals surface area (Å²) >= 11 is 1.57. The lowest BCUT2D eigenvalue weighted by Crippen LogP contribution is -2.26.